The summed E-state index contributed by atoms with van der Waals surface area (Å²) >= 11 is 0. The number of esters is 2. The average molecular weight is 1030 g/mol. The van der Waals surface area contributed by atoms with Gasteiger partial charge in [0.2, 0.25) is 0 Å². The summed E-state index contributed by atoms with van der Waals surface area (Å²) in [6.07, 6.45) is 28.2. The molecule has 3 heterocycles. The van der Waals surface area contributed by atoms with E-state index < -0.39 is 83.7 Å². The molecule has 3 rings (SSSR count). The smallest absolute Gasteiger partial charge is 0.462 e. The van der Waals surface area contributed by atoms with Crippen molar-refractivity contribution in [2.75, 3.05) is 25.6 Å². The third kappa shape index (κ3) is 27.1. The molecule has 1 aromatic rings. The summed E-state index contributed by atoms with van der Waals surface area (Å²) in [6.45, 7) is 4.35. The number of rotatable bonds is 40. The summed E-state index contributed by atoms with van der Waals surface area (Å²) in [4.78, 5) is 62.0. The Kier molecular flexibility index (Phi) is 30.1. The van der Waals surface area contributed by atoms with Gasteiger partial charge in [0.05, 0.1) is 25.4 Å². The Morgan fingerprint density at radius 1 is 0.757 bits per heavy atom. The molecule has 0 amide bonds. The maximum absolute atomic E-state index is 12.9. The minimum absolute atomic E-state index is 0.00500. The average Bonchev–Trinajstić information content (AvgIpc) is 3.99. The van der Waals surface area contributed by atoms with E-state index in [1.165, 1.54) is 70.3 Å². The van der Waals surface area contributed by atoms with Gasteiger partial charge in [-0.3, -0.25) is 23.2 Å². The normalized spacial score (nSPS) is 22.5. The van der Waals surface area contributed by atoms with E-state index in [1.54, 1.807) is 0 Å². The zero-order valence-electron chi connectivity index (χ0n) is 41.7. The Balaban J connectivity index is 1.42. The van der Waals surface area contributed by atoms with Gasteiger partial charge in [0, 0.05) is 19.0 Å². The molecular weight excluding hydrogens is 948 g/mol. The van der Waals surface area contributed by atoms with Crippen LogP contribution in [0.15, 0.2) is 53.5 Å². The maximum Gasteiger partial charge on any atom is 0.481 e. The van der Waals surface area contributed by atoms with Crippen molar-refractivity contribution in [2.24, 2.45) is 5.92 Å². The third-order valence-corrected chi connectivity index (χ3v) is 14.4. The lowest BCUT2D eigenvalue weighted by Gasteiger charge is -2.21. The predicted molar refractivity (Wildman–Crippen MR) is 265 cm³/mol. The van der Waals surface area contributed by atoms with Gasteiger partial charge in [-0.05, 0) is 63.4 Å². The number of aliphatic hydroxyl groups is 2. The van der Waals surface area contributed by atoms with E-state index in [1.807, 2.05) is 0 Å². The number of nitrogens with zero attached hydrogens (tertiary/aromatic N) is 2. The number of phosphoric acid groups is 2. The number of unbranched alkanes of at least 4 members (excludes halogenated alkanes) is 13. The Morgan fingerprint density at radius 3 is 2.03 bits per heavy atom. The van der Waals surface area contributed by atoms with Gasteiger partial charge in [-0.2, -0.15) is 9.29 Å². The van der Waals surface area contributed by atoms with Crippen LogP contribution in [0.25, 0.3) is 0 Å². The Labute approximate surface area is 414 Å². The first-order chi connectivity index (χ1) is 33.5. The molecule has 2 aliphatic heterocycles. The molecule has 2 saturated heterocycles. The summed E-state index contributed by atoms with van der Waals surface area (Å²) in [5.41, 5.74) is 4.58. The van der Waals surface area contributed by atoms with Gasteiger partial charge in [-0.25, -0.2) is 13.9 Å². The number of aliphatic hydroxyl groups excluding tert-OH is 2. The quantitative estimate of drug-likeness (QED) is 0.0135. The van der Waals surface area contributed by atoms with Gasteiger partial charge < -0.3 is 44.7 Å². The largest absolute Gasteiger partial charge is 0.481 e. The zero-order chi connectivity index (χ0) is 51.2. The van der Waals surface area contributed by atoms with Crippen LogP contribution in [0.3, 0.4) is 0 Å². The van der Waals surface area contributed by atoms with Crippen LogP contribution in [0, 0.1) is 5.92 Å². The van der Waals surface area contributed by atoms with E-state index in [-0.39, 0.29) is 30.9 Å². The number of anilines is 1. The third-order valence-electron chi connectivity index (χ3n) is 11.8. The number of hydrogen-bond acceptors (Lipinski definition) is 16. The molecule has 70 heavy (non-hydrogen) atoms. The van der Waals surface area contributed by atoms with Gasteiger partial charge in [0.25, 0.3) is 0 Å². The molecule has 0 bridgehead atoms. The Morgan fingerprint density at radius 2 is 1.37 bits per heavy atom. The van der Waals surface area contributed by atoms with Crippen molar-refractivity contribution in [1.82, 2.24) is 9.55 Å². The van der Waals surface area contributed by atoms with Gasteiger partial charge in [-0.1, -0.05) is 141 Å². The molecular formula is C49H83N3O16P2. The first-order valence-corrected chi connectivity index (χ1v) is 28.5. The van der Waals surface area contributed by atoms with Gasteiger partial charge in [0.1, 0.15) is 30.7 Å². The molecule has 21 heteroatoms. The maximum atomic E-state index is 12.9. The lowest BCUT2D eigenvalue weighted by atomic mass is 10.0. The molecule has 0 radical (unpaired) electrons. The highest BCUT2D eigenvalue weighted by Crippen LogP contribution is 2.60. The number of aromatic nitrogens is 2. The second-order valence-electron chi connectivity index (χ2n) is 18.5. The lowest BCUT2D eigenvalue weighted by molar-refractivity contribution is -0.161. The summed E-state index contributed by atoms with van der Waals surface area (Å²) in [5, 5.41) is 20.9. The zero-order valence-corrected chi connectivity index (χ0v) is 43.5. The number of nitrogen functional groups attached to an aromatic ring is 1. The van der Waals surface area contributed by atoms with Crippen molar-refractivity contribution in [1.29, 1.82) is 0 Å². The Bertz CT molecular complexity index is 1900. The molecule has 0 aliphatic carbocycles. The minimum atomic E-state index is -5.44. The number of carbonyl (C=O) groups excluding carboxylic acids is 2. The molecule has 0 saturated carbocycles. The predicted octanol–water partition coefficient (Wildman–Crippen LogP) is 9.23. The number of carbonyl (C=O) groups is 2. The van der Waals surface area contributed by atoms with Gasteiger partial charge in [-0.15, -0.1) is 0 Å². The standard InChI is InChI=1S/C49H83N3O16P2/c1-4-5-6-7-8-9-10-13-16-19-22-25-29-40-41(66-40)30-27-32-45(54)65-39(35-62-44(53)31-26-23-20-17-14-11-12-15-18-21-24-28-38(2)3)36-63-69(58,59)68-70(60,61)64-37-42-46(55)47(56)48(67-42)52-34-33-43(50)51-49(52)57/h8-9,13,16,22,25,33-34,38-42,46-48,55-56H,4-7,10-12,14-15,17-21,23-24,26-32,35-37H2,1-3H3,(H,58,59)(H,60,61)(H2,50,51,57)/b9-8-,16-13-,25-22-/t39-,40?,41?,42-,46-,47-,48-/m1/s1. The van der Waals surface area contributed by atoms with Crippen LogP contribution >= 0.6 is 15.6 Å². The fourth-order valence-electron chi connectivity index (χ4n) is 7.76. The van der Waals surface area contributed by atoms with Crippen LogP contribution in [-0.2, 0) is 51.0 Å². The number of epoxide rings is 1. The van der Waals surface area contributed by atoms with Crippen molar-refractivity contribution >= 4 is 33.4 Å². The van der Waals surface area contributed by atoms with E-state index in [4.69, 9.17) is 33.7 Å². The fourth-order valence-corrected chi connectivity index (χ4v) is 9.87. The van der Waals surface area contributed by atoms with Crippen molar-refractivity contribution in [3.05, 3.63) is 59.2 Å². The van der Waals surface area contributed by atoms with Gasteiger partial charge >= 0.3 is 33.3 Å². The van der Waals surface area contributed by atoms with Crippen LogP contribution in [0.4, 0.5) is 5.82 Å². The summed E-state index contributed by atoms with van der Waals surface area (Å²) in [5.74, 6) is -0.610. The van der Waals surface area contributed by atoms with Crippen LogP contribution in [0.5, 0.6) is 0 Å². The van der Waals surface area contributed by atoms with E-state index in [2.05, 4.69) is 66.5 Å². The second kappa shape index (κ2) is 34.4. The monoisotopic (exact) mass is 1030 g/mol. The lowest BCUT2D eigenvalue weighted by Crippen LogP contribution is -2.36. The molecule has 9 atom stereocenters. The van der Waals surface area contributed by atoms with E-state index >= 15 is 0 Å². The SMILES string of the molecule is CCCCC/C=C\C/C=C\C/C=C\CC1OC1CCCC(=O)O[C@H](COC(=O)CCCCCCCCCCCCCC(C)C)COP(=O)(O)OP(=O)(O)OC[C@H]1O[C@@H](n2ccc(N)nc2=O)[C@H](O)[C@@H]1O. The number of nitrogens with two attached hydrogens (primary N) is 1. The number of phosphoric ester groups is 2. The summed E-state index contributed by atoms with van der Waals surface area (Å²) in [7, 11) is -10.9. The minimum Gasteiger partial charge on any atom is -0.462 e. The first-order valence-electron chi connectivity index (χ1n) is 25.5. The van der Waals surface area contributed by atoms with Crippen LogP contribution in [0.2, 0.25) is 0 Å². The molecule has 2 fully saturated rings. The molecule has 19 nitrogen and oxygen atoms in total. The molecule has 4 unspecified atom stereocenters. The highest BCUT2D eigenvalue weighted by molar-refractivity contribution is 7.61. The van der Waals surface area contributed by atoms with Crippen molar-refractivity contribution in [2.45, 2.75) is 211 Å². The van der Waals surface area contributed by atoms with E-state index in [0.717, 1.165) is 68.0 Å². The van der Waals surface area contributed by atoms with Crippen molar-refractivity contribution < 1.29 is 71.0 Å². The number of allylic oxidation sites excluding steroid dienone is 5. The highest BCUT2D eigenvalue weighted by atomic mass is 31.3. The van der Waals surface area contributed by atoms with Crippen molar-refractivity contribution in [3.8, 4) is 0 Å². The molecule has 1 aromatic heterocycles. The topological polar surface area (TPSA) is 278 Å². The second-order valence-corrected chi connectivity index (χ2v) is 21.6. The summed E-state index contributed by atoms with van der Waals surface area (Å²) in [6, 6.07) is 1.24. The molecule has 2 aliphatic rings. The van der Waals surface area contributed by atoms with Gasteiger partial charge in [0.15, 0.2) is 12.3 Å². The summed E-state index contributed by atoms with van der Waals surface area (Å²) < 4.78 is 62.6. The first kappa shape index (κ1) is 61.2. The highest BCUT2D eigenvalue weighted by Gasteiger charge is 2.46. The van der Waals surface area contributed by atoms with Crippen molar-refractivity contribution in [3.63, 3.8) is 0 Å². The van der Waals surface area contributed by atoms with Crippen LogP contribution in [-0.4, -0.2) is 97.9 Å². The van der Waals surface area contributed by atoms with E-state index in [9.17, 15) is 43.5 Å². The molecule has 6 N–H and O–H groups in total. The van der Waals surface area contributed by atoms with Crippen LogP contribution < -0.4 is 11.4 Å². The molecule has 0 aromatic carbocycles. The fraction of sp³-hybridized carbons (Fsp3) is 0.755. The number of ether oxygens (including phenoxy) is 4. The molecule has 0 spiro atoms. The molecule has 400 valence electrons. The number of hydrogen-bond donors (Lipinski definition) is 5. The Hall–Kier alpha value is -3.06. The van der Waals surface area contributed by atoms with E-state index in [0.29, 0.717) is 19.3 Å². The van der Waals surface area contributed by atoms with Crippen LogP contribution in [0.1, 0.15) is 175 Å².